The van der Waals surface area contributed by atoms with E-state index in [1.807, 2.05) is 0 Å². The Hall–Kier alpha value is -1.13. The van der Waals surface area contributed by atoms with Crippen LogP contribution < -0.4 is 11.1 Å². The molecule has 0 aliphatic heterocycles. The average molecular weight is 238 g/mol. The van der Waals surface area contributed by atoms with Crippen molar-refractivity contribution in [1.29, 1.82) is 0 Å². The summed E-state index contributed by atoms with van der Waals surface area (Å²) in [7, 11) is 1.68. The summed E-state index contributed by atoms with van der Waals surface area (Å²) in [5.41, 5.74) is 6.57. The van der Waals surface area contributed by atoms with Gasteiger partial charge in [0.15, 0.2) is 0 Å². The summed E-state index contributed by atoms with van der Waals surface area (Å²) in [6, 6.07) is 6.36. The molecule has 0 heterocycles. The van der Waals surface area contributed by atoms with Crippen LogP contribution in [0, 0.1) is 11.7 Å². The molecular weight excluding hydrogens is 219 g/mol. The predicted molar refractivity (Wildman–Crippen MR) is 66.4 cm³/mol. The maximum absolute atomic E-state index is 12.8. The Labute approximate surface area is 101 Å². The van der Waals surface area contributed by atoms with Crippen LogP contribution >= 0.6 is 0 Å². The number of halogens is 1. The van der Waals surface area contributed by atoms with Crippen LogP contribution in [-0.2, 0) is 4.74 Å². The number of hydrogen-bond donors (Lipinski definition) is 2. The van der Waals surface area contributed by atoms with E-state index in [1.165, 1.54) is 25.0 Å². The lowest BCUT2D eigenvalue weighted by Crippen LogP contribution is -2.51. The van der Waals surface area contributed by atoms with Crippen molar-refractivity contribution in [3.05, 3.63) is 30.1 Å². The highest BCUT2D eigenvalue weighted by atomic mass is 19.1. The van der Waals surface area contributed by atoms with Crippen molar-refractivity contribution in [2.45, 2.75) is 18.4 Å². The van der Waals surface area contributed by atoms with Gasteiger partial charge in [0.1, 0.15) is 5.82 Å². The second-order valence-electron chi connectivity index (χ2n) is 4.70. The van der Waals surface area contributed by atoms with Crippen molar-refractivity contribution in [1.82, 2.24) is 0 Å². The lowest BCUT2D eigenvalue weighted by molar-refractivity contribution is 0.134. The topological polar surface area (TPSA) is 47.3 Å². The first-order valence-electron chi connectivity index (χ1n) is 5.93. The van der Waals surface area contributed by atoms with Crippen LogP contribution in [0.25, 0.3) is 0 Å². The molecule has 1 unspecified atom stereocenters. The molecule has 1 saturated carbocycles. The summed E-state index contributed by atoms with van der Waals surface area (Å²) in [5, 5.41) is 3.42. The lowest BCUT2D eigenvalue weighted by atomic mass is 9.93. The van der Waals surface area contributed by atoms with Crippen LogP contribution in [0.2, 0.25) is 0 Å². The maximum Gasteiger partial charge on any atom is 0.123 e. The number of methoxy groups -OCH3 is 1. The molecule has 1 aromatic rings. The number of hydrogen-bond acceptors (Lipinski definition) is 3. The predicted octanol–water partition coefficient (Wildman–Crippen LogP) is 1.99. The molecule has 0 radical (unpaired) electrons. The van der Waals surface area contributed by atoms with Gasteiger partial charge in [0.25, 0.3) is 0 Å². The molecule has 94 valence electrons. The molecule has 1 aromatic carbocycles. The molecule has 1 aliphatic rings. The van der Waals surface area contributed by atoms with E-state index in [9.17, 15) is 4.39 Å². The molecule has 0 aromatic heterocycles. The minimum absolute atomic E-state index is 0.216. The molecule has 1 aliphatic carbocycles. The van der Waals surface area contributed by atoms with E-state index in [2.05, 4.69) is 5.32 Å². The summed E-state index contributed by atoms with van der Waals surface area (Å²) in [5.74, 6) is 0.324. The zero-order chi connectivity index (χ0) is 12.3. The van der Waals surface area contributed by atoms with Gasteiger partial charge >= 0.3 is 0 Å². The van der Waals surface area contributed by atoms with E-state index >= 15 is 0 Å². The Morgan fingerprint density at radius 2 is 2.06 bits per heavy atom. The van der Waals surface area contributed by atoms with Crippen molar-refractivity contribution < 1.29 is 9.13 Å². The van der Waals surface area contributed by atoms with E-state index in [-0.39, 0.29) is 11.4 Å². The van der Waals surface area contributed by atoms with Crippen LogP contribution in [-0.4, -0.2) is 25.8 Å². The van der Waals surface area contributed by atoms with E-state index in [0.717, 1.165) is 5.69 Å². The second-order valence-corrected chi connectivity index (χ2v) is 4.70. The number of nitrogens with one attached hydrogen (secondary N) is 1. The third-order valence-electron chi connectivity index (χ3n) is 3.36. The fourth-order valence-electron chi connectivity index (χ4n) is 2.25. The van der Waals surface area contributed by atoms with E-state index in [4.69, 9.17) is 10.5 Å². The van der Waals surface area contributed by atoms with Gasteiger partial charge in [0.05, 0.1) is 12.1 Å². The molecule has 0 saturated heterocycles. The maximum atomic E-state index is 12.8. The van der Waals surface area contributed by atoms with Crippen molar-refractivity contribution in [2.75, 3.05) is 25.6 Å². The number of nitrogens with two attached hydrogens (primary N) is 1. The molecule has 0 amide bonds. The Bertz CT molecular complexity index is 364. The van der Waals surface area contributed by atoms with Gasteiger partial charge in [-0.15, -0.1) is 0 Å². The lowest BCUT2D eigenvalue weighted by Gasteiger charge is -2.34. The standard InChI is InChI=1S/C13H19FN2O/c1-17-9-13(8-15,10-2-3-10)16-12-6-4-11(14)5-7-12/h4-7,10,16H,2-3,8-9,15H2,1H3. The summed E-state index contributed by atoms with van der Waals surface area (Å²) < 4.78 is 18.1. The second kappa shape index (κ2) is 5.02. The van der Waals surface area contributed by atoms with Gasteiger partial charge < -0.3 is 15.8 Å². The van der Waals surface area contributed by atoms with Crippen molar-refractivity contribution in [3.63, 3.8) is 0 Å². The van der Waals surface area contributed by atoms with Crippen molar-refractivity contribution >= 4 is 5.69 Å². The normalized spacial score (nSPS) is 18.8. The molecule has 4 heteroatoms. The first kappa shape index (κ1) is 12.3. The molecule has 0 bridgehead atoms. The average Bonchev–Trinajstić information content (AvgIpc) is 3.16. The van der Waals surface area contributed by atoms with E-state index in [0.29, 0.717) is 19.1 Å². The highest BCUT2D eigenvalue weighted by Gasteiger charge is 2.44. The number of rotatable bonds is 6. The first-order valence-corrected chi connectivity index (χ1v) is 5.93. The molecular formula is C13H19FN2O. The Balaban J connectivity index is 2.13. The molecule has 2 rings (SSSR count). The summed E-state index contributed by atoms with van der Waals surface area (Å²) in [6.45, 7) is 1.09. The Kier molecular flexibility index (Phi) is 3.64. The SMILES string of the molecule is COCC(CN)(Nc1ccc(F)cc1)C1CC1. The summed E-state index contributed by atoms with van der Waals surface area (Å²) in [4.78, 5) is 0. The molecule has 3 N–H and O–H groups in total. The largest absolute Gasteiger partial charge is 0.382 e. The Morgan fingerprint density at radius 3 is 2.53 bits per heavy atom. The van der Waals surface area contributed by atoms with Crippen LogP contribution in [0.5, 0.6) is 0 Å². The van der Waals surface area contributed by atoms with Crippen LogP contribution in [0.4, 0.5) is 10.1 Å². The molecule has 1 atom stereocenters. The number of benzene rings is 1. The minimum atomic E-state index is -0.230. The molecule has 0 spiro atoms. The third kappa shape index (κ3) is 2.76. The van der Waals surface area contributed by atoms with Gasteiger partial charge in [-0.25, -0.2) is 4.39 Å². The number of ether oxygens (including phenoxy) is 1. The van der Waals surface area contributed by atoms with E-state index in [1.54, 1.807) is 19.2 Å². The van der Waals surface area contributed by atoms with Crippen molar-refractivity contribution in [3.8, 4) is 0 Å². The fraction of sp³-hybridized carbons (Fsp3) is 0.538. The number of anilines is 1. The molecule has 1 fully saturated rings. The van der Waals surface area contributed by atoms with Crippen LogP contribution in [0.15, 0.2) is 24.3 Å². The molecule has 17 heavy (non-hydrogen) atoms. The fourth-order valence-corrected chi connectivity index (χ4v) is 2.25. The van der Waals surface area contributed by atoms with Gasteiger partial charge in [-0.2, -0.15) is 0 Å². The quantitative estimate of drug-likeness (QED) is 0.796. The summed E-state index contributed by atoms with van der Waals surface area (Å²) >= 11 is 0. The first-order chi connectivity index (χ1) is 8.20. The third-order valence-corrected chi connectivity index (χ3v) is 3.36. The van der Waals surface area contributed by atoms with E-state index < -0.39 is 0 Å². The van der Waals surface area contributed by atoms with Gasteiger partial charge in [-0.3, -0.25) is 0 Å². The molecule has 3 nitrogen and oxygen atoms in total. The smallest absolute Gasteiger partial charge is 0.123 e. The van der Waals surface area contributed by atoms with Crippen LogP contribution in [0.1, 0.15) is 12.8 Å². The minimum Gasteiger partial charge on any atom is -0.382 e. The van der Waals surface area contributed by atoms with Gasteiger partial charge in [-0.1, -0.05) is 0 Å². The highest BCUT2D eigenvalue weighted by Crippen LogP contribution is 2.41. The van der Waals surface area contributed by atoms with Crippen molar-refractivity contribution in [2.24, 2.45) is 11.7 Å². The zero-order valence-corrected chi connectivity index (χ0v) is 10.1. The highest BCUT2D eigenvalue weighted by molar-refractivity contribution is 5.46. The monoisotopic (exact) mass is 238 g/mol. The zero-order valence-electron chi connectivity index (χ0n) is 10.1. The summed E-state index contributed by atoms with van der Waals surface area (Å²) in [6.07, 6.45) is 2.35. The van der Waals surface area contributed by atoms with Gasteiger partial charge in [0.2, 0.25) is 0 Å². The van der Waals surface area contributed by atoms with Crippen LogP contribution in [0.3, 0.4) is 0 Å². The Morgan fingerprint density at radius 1 is 1.41 bits per heavy atom. The van der Waals surface area contributed by atoms with Gasteiger partial charge in [0, 0.05) is 19.3 Å². The van der Waals surface area contributed by atoms with Gasteiger partial charge in [-0.05, 0) is 43.0 Å².